The molecule has 0 aliphatic heterocycles. The summed E-state index contributed by atoms with van der Waals surface area (Å²) in [5.41, 5.74) is 2.38. The van der Waals surface area contributed by atoms with Gasteiger partial charge in [0, 0.05) is 20.7 Å². The van der Waals surface area contributed by atoms with Gasteiger partial charge in [-0.05, 0) is 40.4 Å². The van der Waals surface area contributed by atoms with Crippen molar-refractivity contribution >= 4 is 13.6 Å². The third-order valence-electron chi connectivity index (χ3n) is 4.70. The van der Waals surface area contributed by atoms with Crippen LogP contribution in [0.15, 0.2) is 12.1 Å². The molecule has 0 bridgehead atoms. The van der Waals surface area contributed by atoms with Gasteiger partial charge in [-0.15, -0.1) is 0 Å². The van der Waals surface area contributed by atoms with Crippen LogP contribution in [-0.2, 0) is 40.4 Å². The normalized spacial score (nSPS) is 15.6. The first-order valence-electron chi connectivity index (χ1n) is 9.88. The van der Waals surface area contributed by atoms with Crippen molar-refractivity contribution in [2.24, 2.45) is 0 Å². The second-order valence-corrected chi connectivity index (χ2v) is 11.7. The summed E-state index contributed by atoms with van der Waals surface area (Å²) >= 11 is 0. The van der Waals surface area contributed by atoms with Crippen molar-refractivity contribution in [2.75, 3.05) is 20.4 Å². The third kappa shape index (κ3) is 8.12. The Morgan fingerprint density at radius 2 is 1.59 bits per heavy atom. The maximum atomic E-state index is 12.0. The van der Waals surface area contributed by atoms with Crippen molar-refractivity contribution in [3.8, 4) is 5.75 Å². The lowest BCUT2D eigenvalue weighted by Gasteiger charge is -2.28. The van der Waals surface area contributed by atoms with Crippen molar-refractivity contribution in [1.29, 1.82) is 0 Å². The van der Waals surface area contributed by atoms with Crippen LogP contribution in [0.3, 0.4) is 0 Å². The molecule has 166 valence electrons. The number of carbonyl (C=O) groups excluding carboxylic acids is 1. The first-order chi connectivity index (χ1) is 13.1. The van der Waals surface area contributed by atoms with Crippen molar-refractivity contribution in [3.63, 3.8) is 0 Å². The van der Waals surface area contributed by atoms with Gasteiger partial charge < -0.3 is 18.9 Å². The molecule has 0 aliphatic rings. The second kappa shape index (κ2) is 9.63. The van der Waals surface area contributed by atoms with Gasteiger partial charge >= 0.3 is 13.6 Å². The minimum Gasteiger partial charge on any atom is -0.507 e. The highest BCUT2D eigenvalue weighted by molar-refractivity contribution is 7.52. The SMILES string of the molecule is COP(C)(=O)OCC(CCc1cc(C(C)(C)C)c(O)c(C(C)(C)C)c1)OC(C)=O. The lowest BCUT2D eigenvalue weighted by atomic mass is 9.78. The highest BCUT2D eigenvalue weighted by Gasteiger charge is 2.27. The first-order valence-corrected chi connectivity index (χ1v) is 11.9. The Morgan fingerprint density at radius 1 is 1.10 bits per heavy atom. The van der Waals surface area contributed by atoms with E-state index in [0.29, 0.717) is 18.6 Å². The van der Waals surface area contributed by atoms with E-state index in [1.165, 1.54) is 20.7 Å². The van der Waals surface area contributed by atoms with E-state index in [4.69, 9.17) is 13.8 Å². The van der Waals surface area contributed by atoms with E-state index in [0.717, 1.165) is 16.7 Å². The molecule has 1 N–H and O–H groups in total. The summed E-state index contributed by atoms with van der Waals surface area (Å²) in [5.74, 6) is -0.0842. The quantitative estimate of drug-likeness (QED) is 0.445. The van der Waals surface area contributed by atoms with E-state index in [2.05, 4.69) is 41.5 Å². The zero-order valence-corrected chi connectivity index (χ0v) is 20.2. The maximum Gasteiger partial charge on any atom is 0.327 e. The molecule has 1 aromatic carbocycles. The smallest absolute Gasteiger partial charge is 0.327 e. The molecule has 2 unspecified atom stereocenters. The molecule has 6 nitrogen and oxygen atoms in total. The fourth-order valence-corrected chi connectivity index (χ4v) is 3.53. The summed E-state index contributed by atoms with van der Waals surface area (Å²) in [6, 6.07) is 4.02. The van der Waals surface area contributed by atoms with Gasteiger partial charge in [0.1, 0.15) is 11.9 Å². The van der Waals surface area contributed by atoms with Crippen LogP contribution in [0.5, 0.6) is 5.75 Å². The van der Waals surface area contributed by atoms with Crippen molar-refractivity contribution in [3.05, 3.63) is 28.8 Å². The van der Waals surface area contributed by atoms with Crippen molar-refractivity contribution in [2.45, 2.75) is 78.2 Å². The summed E-state index contributed by atoms with van der Waals surface area (Å²) < 4.78 is 27.5. The predicted molar refractivity (Wildman–Crippen MR) is 116 cm³/mol. The fourth-order valence-electron chi connectivity index (χ4n) is 2.99. The lowest BCUT2D eigenvalue weighted by molar-refractivity contribution is -0.148. The summed E-state index contributed by atoms with van der Waals surface area (Å²) in [6.07, 6.45) is 0.580. The number of phenolic OH excluding ortho intramolecular Hbond substituents is 1. The zero-order valence-electron chi connectivity index (χ0n) is 19.3. The predicted octanol–water partition coefficient (Wildman–Crippen LogP) is 5.34. The minimum absolute atomic E-state index is 0.00244. The van der Waals surface area contributed by atoms with Crippen LogP contribution in [0, 0.1) is 0 Å². The van der Waals surface area contributed by atoms with Gasteiger partial charge in [0.2, 0.25) is 0 Å². The molecule has 0 fully saturated rings. The number of ether oxygens (including phenoxy) is 1. The van der Waals surface area contributed by atoms with E-state index in [9.17, 15) is 14.5 Å². The zero-order chi connectivity index (χ0) is 22.6. The molecule has 0 saturated carbocycles. The van der Waals surface area contributed by atoms with Crippen LogP contribution >= 0.6 is 7.60 Å². The van der Waals surface area contributed by atoms with Gasteiger partial charge in [0.05, 0.1) is 6.61 Å². The maximum absolute atomic E-state index is 12.0. The number of hydrogen-bond acceptors (Lipinski definition) is 6. The summed E-state index contributed by atoms with van der Waals surface area (Å²) in [6.45, 7) is 15.1. The van der Waals surface area contributed by atoms with Crippen LogP contribution in [0.1, 0.15) is 71.6 Å². The molecule has 29 heavy (non-hydrogen) atoms. The van der Waals surface area contributed by atoms with Crippen molar-refractivity contribution in [1.82, 2.24) is 0 Å². The number of esters is 1. The van der Waals surface area contributed by atoms with Gasteiger partial charge in [-0.1, -0.05) is 53.7 Å². The molecule has 0 saturated heterocycles. The molecule has 0 radical (unpaired) electrons. The number of aromatic hydroxyl groups is 1. The number of rotatable bonds is 8. The Bertz CT molecular complexity index is 723. The Kier molecular flexibility index (Phi) is 8.53. The topological polar surface area (TPSA) is 82.1 Å². The lowest BCUT2D eigenvalue weighted by Crippen LogP contribution is -2.23. The molecular formula is C22H37O6P. The molecule has 0 aromatic heterocycles. The third-order valence-corrected chi connectivity index (χ3v) is 5.98. The summed E-state index contributed by atoms with van der Waals surface area (Å²) in [4.78, 5) is 11.5. The monoisotopic (exact) mass is 428 g/mol. The molecule has 1 aromatic rings. The number of phenols is 1. The Morgan fingerprint density at radius 3 is 1.97 bits per heavy atom. The van der Waals surface area contributed by atoms with E-state index < -0.39 is 19.7 Å². The largest absolute Gasteiger partial charge is 0.507 e. The number of aryl methyl sites for hydroxylation is 1. The summed E-state index contributed by atoms with van der Waals surface area (Å²) in [7, 11) is -1.84. The Balaban J connectivity index is 3.13. The highest BCUT2D eigenvalue weighted by Crippen LogP contribution is 2.43. The van der Waals surface area contributed by atoms with Gasteiger partial charge in [0.25, 0.3) is 0 Å². The molecule has 0 heterocycles. The molecule has 1 rings (SSSR count). The first kappa shape index (κ1) is 25.7. The van der Waals surface area contributed by atoms with Crippen LogP contribution in [0.25, 0.3) is 0 Å². The molecule has 2 atom stereocenters. The molecule has 0 spiro atoms. The van der Waals surface area contributed by atoms with Gasteiger partial charge in [-0.3, -0.25) is 9.36 Å². The van der Waals surface area contributed by atoms with E-state index in [-0.39, 0.29) is 17.4 Å². The summed E-state index contributed by atoms with van der Waals surface area (Å²) in [5, 5.41) is 10.8. The average Bonchev–Trinajstić information content (AvgIpc) is 2.55. The van der Waals surface area contributed by atoms with Gasteiger partial charge in [-0.2, -0.15) is 0 Å². The Labute approximate surface area is 175 Å². The second-order valence-electron chi connectivity index (χ2n) is 9.56. The van der Waals surface area contributed by atoms with Crippen molar-refractivity contribution < 1.29 is 28.3 Å². The highest BCUT2D eigenvalue weighted by atomic mass is 31.2. The fraction of sp³-hybridized carbons (Fsp3) is 0.682. The molecule has 0 amide bonds. The van der Waals surface area contributed by atoms with Gasteiger partial charge in [-0.25, -0.2) is 0 Å². The number of hydrogen-bond donors (Lipinski definition) is 1. The minimum atomic E-state index is -3.16. The standard InChI is InChI=1S/C22H37O6P/c1-15(23)28-17(14-27-29(9,25)26-8)11-10-16-12-18(21(2,3)4)20(24)19(13-16)22(5,6)7/h12-13,17,24H,10-11,14H2,1-9H3. The number of benzene rings is 1. The Hall–Kier alpha value is -1.36. The van der Waals surface area contributed by atoms with Crippen LogP contribution < -0.4 is 0 Å². The van der Waals surface area contributed by atoms with E-state index in [1.54, 1.807) is 0 Å². The van der Waals surface area contributed by atoms with Crippen LogP contribution in [0.4, 0.5) is 0 Å². The number of carbonyl (C=O) groups is 1. The van der Waals surface area contributed by atoms with E-state index >= 15 is 0 Å². The molecule has 7 heteroatoms. The molecule has 0 aliphatic carbocycles. The molecular weight excluding hydrogens is 391 g/mol. The van der Waals surface area contributed by atoms with Gasteiger partial charge in [0.15, 0.2) is 0 Å². The average molecular weight is 429 g/mol. The van der Waals surface area contributed by atoms with E-state index in [1.807, 2.05) is 12.1 Å². The van der Waals surface area contributed by atoms with Crippen LogP contribution in [-0.4, -0.2) is 37.6 Å². The van der Waals surface area contributed by atoms with Crippen LogP contribution in [0.2, 0.25) is 0 Å².